The van der Waals surface area contributed by atoms with Crippen molar-refractivity contribution in [1.29, 1.82) is 0 Å². The molecule has 48 valence electrons. The second-order valence-corrected chi connectivity index (χ2v) is 2.02. The summed E-state index contributed by atoms with van der Waals surface area (Å²) in [5, 5.41) is 17.4. The smallest absolute Gasteiger partial charge is 0.103 e. The highest BCUT2D eigenvalue weighted by Crippen LogP contribution is 2.01. The minimum atomic E-state index is -1.03. The molecular weight excluding hydrogens is 104 g/mol. The minimum Gasteiger partial charge on any atom is -0.393 e. The van der Waals surface area contributed by atoms with Crippen molar-refractivity contribution in [2.24, 2.45) is 0 Å². The first-order chi connectivity index (χ1) is 3.62. The maximum atomic E-state index is 8.99. The average molecular weight is 116 g/mol. The molecule has 0 aliphatic heterocycles. The fourth-order valence-electron chi connectivity index (χ4n) is 0.412. The Kier molecular flexibility index (Phi) is 2.72. The molecule has 2 N–H and O–H groups in total. The molecule has 0 aliphatic rings. The van der Waals surface area contributed by atoms with E-state index in [2.05, 4.69) is 0 Å². The number of hydrogen-bond acceptors (Lipinski definition) is 2. The van der Waals surface area contributed by atoms with Gasteiger partial charge in [-0.15, -0.1) is 0 Å². The SMILES string of the molecule is C/C=C/[C@](C)(O)CO. The summed E-state index contributed by atoms with van der Waals surface area (Å²) in [6.07, 6.45) is 3.25. The quantitative estimate of drug-likeness (QED) is 0.509. The van der Waals surface area contributed by atoms with E-state index < -0.39 is 5.60 Å². The zero-order chi connectivity index (χ0) is 6.62. The number of allylic oxidation sites excluding steroid dienone is 1. The number of hydrogen-bond donors (Lipinski definition) is 2. The number of rotatable bonds is 2. The third-order valence-electron chi connectivity index (χ3n) is 0.846. The van der Waals surface area contributed by atoms with Crippen LogP contribution in [0.3, 0.4) is 0 Å². The van der Waals surface area contributed by atoms with Crippen LogP contribution in [0.1, 0.15) is 13.8 Å². The average Bonchev–Trinajstić information content (AvgIpc) is 1.67. The monoisotopic (exact) mass is 116 g/mol. The molecule has 8 heavy (non-hydrogen) atoms. The van der Waals surface area contributed by atoms with E-state index in [9.17, 15) is 0 Å². The maximum Gasteiger partial charge on any atom is 0.103 e. The molecule has 0 heterocycles. The van der Waals surface area contributed by atoms with Crippen molar-refractivity contribution in [3.8, 4) is 0 Å². The van der Waals surface area contributed by atoms with Crippen molar-refractivity contribution in [2.75, 3.05) is 6.61 Å². The summed E-state index contributed by atoms with van der Waals surface area (Å²) in [7, 11) is 0. The lowest BCUT2D eigenvalue weighted by Crippen LogP contribution is -2.25. The van der Waals surface area contributed by atoms with Crippen molar-refractivity contribution < 1.29 is 10.2 Å². The van der Waals surface area contributed by atoms with E-state index in [0.717, 1.165) is 0 Å². The summed E-state index contributed by atoms with van der Waals surface area (Å²) >= 11 is 0. The van der Waals surface area contributed by atoms with Crippen LogP contribution in [0, 0.1) is 0 Å². The Morgan fingerprint density at radius 3 is 2.25 bits per heavy atom. The molecule has 1 atom stereocenters. The molecule has 0 aromatic carbocycles. The van der Waals surface area contributed by atoms with Crippen molar-refractivity contribution in [1.82, 2.24) is 0 Å². The third kappa shape index (κ3) is 2.77. The molecule has 0 unspecified atom stereocenters. The molecule has 0 saturated carbocycles. The Bertz CT molecular complexity index is 84.5. The largest absolute Gasteiger partial charge is 0.393 e. The summed E-state index contributed by atoms with van der Waals surface area (Å²) in [6, 6.07) is 0. The minimum absolute atomic E-state index is 0.225. The summed E-state index contributed by atoms with van der Waals surface area (Å²) in [6.45, 7) is 3.12. The van der Waals surface area contributed by atoms with Crippen LogP contribution in [0.5, 0.6) is 0 Å². The van der Waals surface area contributed by atoms with Crippen LogP contribution in [-0.4, -0.2) is 22.4 Å². The third-order valence-corrected chi connectivity index (χ3v) is 0.846. The maximum absolute atomic E-state index is 8.99. The summed E-state index contributed by atoms with van der Waals surface area (Å²) in [5.41, 5.74) is -1.03. The Labute approximate surface area is 49.5 Å². The van der Waals surface area contributed by atoms with Gasteiger partial charge in [-0.1, -0.05) is 12.2 Å². The van der Waals surface area contributed by atoms with E-state index in [1.165, 1.54) is 0 Å². The summed E-state index contributed by atoms with van der Waals surface area (Å²) in [4.78, 5) is 0. The molecule has 0 bridgehead atoms. The first kappa shape index (κ1) is 7.66. The van der Waals surface area contributed by atoms with Crippen molar-refractivity contribution >= 4 is 0 Å². The van der Waals surface area contributed by atoms with Crippen LogP contribution in [0.25, 0.3) is 0 Å². The Balaban J connectivity index is 3.71. The Hall–Kier alpha value is -0.340. The number of aliphatic hydroxyl groups is 2. The molecule has 0 rings (SSSR count). The van der Waals surface area contributed by atoms with Gasteiger partial charge < -0.3 is 10.2 Å². The van der Waals surface area contributed by atoms with Gasteiger partial charge in [0, 0.05) is 0 Å². The van der Waals surface area contributed by atoms with Crippen LogP contribution in [0.4, 0.5) is 0 Å². The zero-order valence-electron chi connectivity index (χ0n) is 5.26. The van der Waals surface area contributed by atoms with Crippen LogP contribution >= 0.6 is 0 Å². The van der Waals surface area contributed by atoms with E-state index in [1.54, 1.807) is 26.0 Å². The second-order valence-electron chi connectivity index (χ2n) is 2.02. The highest BCUT2D eigenvalue weighted by molar-refractivity contribution is 4.95. The van der Waals surface area contributed by atoms with Gasteiger partial charge in [-0.05, 0) is 13.8 Å². The highest BCUT2D eigenvalue weighted by atomic mass is 16.3. The molecule has 2 heteroatoms. The second kappa shape index (κ2) is 2.84. The molecule has 0 aromatic heterocycles. The van der Waals surface area contributed by atoms with Gasteiger partial charge in [0.1, 0.15) is 5.60 Å². The van der Waals surface area contributed by atoms with Gasteiger partial charge in [0.2, 0.25) is 0 Å². The zero-order valence-corrected chi connectivity index (χ0v) is 5.26. The molecule has 0 radical (unpaired) electrons. The van der Waals surface area contributed by atoms with E-state index in [0.29, 0.717) is 0 Å². The lowest BCUT2D eigenvalue weighted by molar-refractivity contribution is 0.0434. The highest BCUT2D eigenvalue weighted by Gasteiger charge is 2.12. The first-order valence-electron chi connectivity index (χ1n) is 2.59. The Morgan fingerprint density at radius 2 is 2.12 bits per heavy atom. The number of aliphatic hydroxyl groups excluding tert-OH is 1. The van der Waals surface area contributed by atoms with E-state index in [1.807, 2.05) is 0 Å². The topological polar surface area (TPSA) is 40.5 Å². The van der Waals surface area contributed by atoms with Gasteiger partial charge in [0.15, 0.2) is 0 Å². The van der Waals surface area contributed by atoms with E-state index in [4.69, 9.17) is 10.2 Å². The lowest BCUT2D eigenvalue weighted by atomic mass is 10.1. The molecule has 0 spiro atoms. The fourth-order valence-corrected chi connectivity index (χ4v) is 0.412. The first-order valence-corrected chi connectivity index (χ1v) is 2.59. The van der Waals surface area contributed by atoms with Crippen molar-refractivity contribution in [3.05, 3.63) is 12.2 Å². The van der Waals surface area contributed by atoms with Crippen molar-refractivity contribution in [2.45, 2.75) is 19.4 Å². The van der Waals surface area contributed by atoms with Gasteiger partial charge in [0.25, 0.3) is 0 Å². The Morgan fingerprint density at radius 1 is 1.62 bits per heavy atom. The summed E-state index contributed by atoms with van der Waals surface area (Å²) < 4.78 is 0. The van der Waals surface area contributed by atoms with Gasteiger partial charge >= 0.3 is 0 Å². The fraction of sp³-hybridized carbons (Fsp3) is 0.667. The van der Waals surface area contributed by atoms with Crippen molar-refractivity contribution in [3.63, 3.8) is 0 Å². The van der Waals surface area contributed by atoms with Crippen LogP contribution in [0.15, 0.2) is 12.2 Å². The van der Waals surface area contributed by atoms with Crippen LogP contribution in [0.2, 0.25) is 0 Å². The molecule has 0 fully saturated rings. The predicted octanol–water partition coefficient (Wildman–Crippen LogP) is 0.306. The van der Waals surface area contributed by atoms with Gasteiger partial charge in [-0.25, -0.2) is 0 Å². The predicted molar refractivity (Wildman–Crippen MR) is 32.5 cm³/mol. The lowest BCUT2D eigenvalue weighted by Gasteiger charge is -2.13. The molecular formula is C6H12O2. The molecule has 2 nitrogen and oxygen atoms in total. The van der Waals surface area contributed by atoms with Gasteiger partial charge in [0.05, 0.1) is 6.61 Å². The van der Waals surface area contributed by atoms with E-state index in [-0.39, 0.29) is 6.61 Å². The molecule has 0 aromatic rings. The normalized spacial score (nSPS) is 19.0. The summed E-state index contributed by atoms with van der Waals surface area (Å²) in [5.74, 6) is 0. The molecule has 0 amide bonds. The molecule has 0 aliphatic carbocycles. The van der Waals surface area contributed by atoms with Gasteiger partial charge in [-0.3, -0.25) is 0 Å². The standard InChI is InChI=1S/C6H12O2/c1-3-4-6(2,8)5-7/h3-4,7-8H,5H2,1-2H3/b4-3+/t6-/m0/s1. The molecule has 0 saturated heterocycles. The van der Waals surface area contributed by atoms with Crippen LogP contribution < -0.4 is 0 Å². The van der Waals surface area contributed by atoms with Gasteiger partial charge in [-0.2, -0.15) is 0 Å². The van der Waals surface area contributed by atoms with E-state index >= 15 is 0 Å². The van der Waals surface area contributed by atoms with Crippen LogP contribution in [-0.2, 0) is 0 Å².